The van der Waals surface area contributed by atoms with E-state index < -0.39 is 0 Å². The number of nitrogens with zero attached hydrogens (tertiary/aromatic N) is 3. The number of methoxy groups -OCH3 is 1. The second kappa shape index (κ2) is 9.05. The number of fused-ring (bicyclic) bond motifs is 2. The van der Waals surface area contributed by atoms with Crippen LogP contribution in [0.5, 0.6) is 5.75 Å². The van der Waals surface area contributed by atoms with Gasteiger partial charge in [0.05, 0.1) is 35.9 Å². The molecular formula is C29H25FN6O. The molecule has 0 unspecified atom stereocenters. The fourth-order valence-electron chi connectivity index (χ4n) is 4.64. The largest absolute Gasteiger partial charge is 0.497 e. The summed E-state index contributed by atoms with van der Waals surface area (Å²) in [5, 5.41) is 13.0. The van der Waals surface area contributed by atoms with Gasteiger partial charge in [0.15, 0.2) is 0 Å². The van der Waals surface area contributed by atoms with Crippen LogP contribution in [0.25, 0.3) is 55.6 Å². The van der Waals surface area contributed by atoms with Crippen molar-refractivity contribution in [3.05, 3.63) is 79.0 Å². The summed E-state index contributed by atoms with van der Waals surface area (Å²) >= 11 is 0. The van der Waals surface area contributed by atoms with Gasteiger partial charge in [-0.3, -0.25) is 15.1 Å². The Morgan fingerprint density at radius 3 is 2.65 bits per heavy atom. The van der Waals surface area contributed by atoms with Crippen molar-refractivity contribution in [3.63, 3.8) is 0 Å². The Bertz CT molecular complexity index is 1750. The lowest BCUT2D eigenvalue weighted by Gasteiger charge is -2.10. The number of aromatic nitrogens is 5. The van der Waals surface area contributed by atoms with Crippen LogP contribution >= 0.6 is 0 Å². The average Bonchev–Trinajstić information content (AvgIpc) is 3.51. The van der Waals surface area contributed by atoms with E-state index in [9.17, 15) is 4.39 Å². The molecule has 4 heterocycles. The molecule has 8 heteroatoms. The molecule has 0 atom stereocenters. The van der Waals surface area contributed by atoms with Gasteiger partial charge in [0.1, 0.15) is 17.3 Å². The first-order chi connectivity index (χ1) is 18.0. The molecule has 2 aromatic carbocycles. The number of rotatable bonds is 6. The van der Waals surface area contributed by atoms with Crippen molar-refractivity contribution in [2.75, 3.05) is 12.4 Å². The molecule has 0 spiro atoms. The van der Waals surface area contributed by atoms with Crippen LogP contribution in [0.15, 0.2) is 73.2 Å². The average molecular weight is 493 g/mol. The Balaban J connectivity index is 1.45. The Labute approximate surface area is 212 Å². The quantitative estimate of drug-likeness (QED) is 0.238. The number of ether oxygens (including phenoxy) is 1. The van der Waals surface area contributed by atoms with Gasteiger partial charge in [0, 0.05) is 46.4 Å². The molecule has 37 heavy (non-hydrogen) atoms. The SMILES string of the molecule is COc1cc(F)cc(-c2cccc3[nH]c(-c4n[nH]c5cnc(-c6cncc(NC(C)C)c6)cc45)cc23)c1. The van der Waals surface area contributed by atoms with Crippen molar-refractivity contribution >= 4 is 27.5 Å². The summed E-state index contributed by atoms with van der Waals surface area (Å²) in [6, 6.07) is 17.1. The molecule has 6 rings (SSSR count). The minimum Gasteiger partial charge on any atom is -0.497 e. The lowest BCUT2D eigenvalue weighted by Crippen LogP contribution is -2.09. The fourth-order valence-corrected chi connectivity index (χ4v) is 4.64. The van der Waals surface area contributed by atoms with E-state index in [-0.39, 0.29) is 5.82 Å². The molecule has 0 radical (unpaired) electrons. The van der Waals surface area contributed by atoms with Crippen LogP contribution in [0.1, 0.15) is 13.8 Å². The highest BCUT2D eigenvalue weighted by Gasteiger charge is 2.16. The number of hydrogen-bond acceptors (Lipinski definition) is 5. The Kier molecular flexibility index (Phi) is 5.56. The second-order valence-electron chi connectivity index (χ2n) is 9.28. The summed E-state index contributed by atoms with van der Waals surface area (Å²) in [6.45, 7) is 4.18. The third-order valence-electron chi connectivity index (χ3n) is 6.27. The van der Waals surface area contributed by atoms with E-state index in [1.165, 1.54) is 19.2 Å². The van der Waals surface area contributed by atoms with Crippen LogP contribution in [0, 0.1) is 5.82 Å². The number of anilines is 1. The minimum absolute atomic E-state index is 0.299. The van der Waals surface area contributed by atoms with E-state index >= 15 is 0 Å². The van der Waals surface area contributed by atoms with Gasteiger partial charge in [0.25, 0.3) is 0 Å². The van der Waals surface area contributed by atoms with Crippen molar-refractivity contribution < 1.29 is 9.13 Å². The molecule has 0 saturated heterocycles. The zero-order valence-electron chi connectivity index (χ0n) is 20.6. The van der Waals surface area contributed by atoms with Gasteiger partial charge in [-0.1, -0.05) is 12.1 Å². The second-order valence-corrected chi connectivity index (χ2v) is 9.28. The van der Waals surface area contributed by atoms with Crippen LogP contribution in [-0.2, 0) is 0 Å². The zero-order valence-corrected chi connectivity index (χ0v) is 20.6. The molecule has 3 N–H and O–H groups in total. The lowest BCUT2D eigenvalue weighted by molar-refractivity contribution is 0.411. The molecule has 0 bridgehead atoms. The topological polar surface area (TPSA) is 91.5 Å². The van der Waals surface area contributed by atoms with E-state index in [0.29, 0.717) is 11.8 Å². The Morgan fingerprint density at radius 2 is 1.81 bits per heavy atom. The highest BCUT2D eigenvalue weighted by atomic mass is 19.1. The summed E-state index contributed by atoms with van der Waals surface area (Å²) in [7, 11) is 1.53. The van der Waals surface area contributed by atoms with Crippen molar-refractivity contribution in [1.82, 2.24) is 25.1 Å². The third-order valence-corrected chi connectivity index (χ3v) is 6.27. The van der Waals surface area contributed by atoms with Crippen LogP contribution in [0.3, 0.4) is 0 Å². The highest BCUT2D eigenvalue weighted by Crippen LogP contribution is 2.36. The molecule has 0 amide bonds. The first kappa shape index (κ1) is 22.7. The lowest BCUT2D eigenvalue weighted by atomic mass is 10.0. The highest BCUT2D eigenvalue weighted by molar-refractivity contribution is 6.01. The third kappa shape index (κ3) is 4.27. The van der Waals surface area contributed by atoms with Crippen molar-refractivity contribution in [3.8, 4) is 39.5 Å². The Hall–Kier alpha value is -4.72. The summed E-state index contributed by atoms with van der Waals surface area (Å²) in [5.41, 5.74) is 7.70. The van der Waals surface area contributed by atoms with Crippen LogP contribution in [-0.4, -0.2) is 38.3 Å². The van der Waals surface area contributed by atoms with E-state index in [1.807, 2.05) is 54.9 Å². The monoisotopic (exact) mass is 492 g/mol. The van der Waals surface area contributed by atoms with Crippen molar-refractivity contribution in [2.45, 2.75) is 19.9 Å². The molecule has 0 aliphatic heterocycles. The summed E-state index contributed by atoms with van der Waals surface area (Å²) in [4.78, 5) is 12.5. The van der Waals surface area contributed by atoms with Gasteiger partial charge in [-0.05, 0) is 61.4 Å². The fraction of sp³-hybridized carbons (Fsp3) is 0.138. The maximum Gasteiger partial charge on any atom is 0.127 e. The number of halogens is 1. The standard InChI is InChI=1S/C29H25FN6O/c1-16(2)33-20-8-18(13-31-14-20)26-12-24-28(15-32-26)35-36-29(24)27-11-23-22(5-4-6-25(23)34-27)17-7-19(30)10-21(9-17)37-3/h4-16,33-34H,1-3H3,(H,35,36). The van der Waals surface area contributed by atoms with Crippen LogP contribution in [0.4, 0.5) is 10.1 Å². The molecule has 6 aromatic rings. The first-order valence-electron chi connectivity index (χ1n) is 12.0. The molecule has 0 fully saturated rings. The number of nitrogens with one attached hydrogen (secondary N) is 3. The smallest absolute Gasteiger partial charge is 0.127 e. The van der Waals surface area contributed by atoms with Gasteiger partial charge in [-0.15, -0.1) is 0 Å². The maximum atomic E-state index is 14.3. The van der Waals surface area contributed by atoms with Crippen molar-refractivity contribution in [2.24, 2.45) is 0 Å². The summed E-state index contributed by atoms with van der Waals surface area (Å²) in [5.74, 6) is 0.130. The summed E-state index contributed by atoms with van der Waals surface area (Å²) < 4.78 is 19.5. The van der Waals surface area contributed by atoms with Crippen molar-refractivity contribution in [1.29, 1.82) is 0 Å². The molecule has 0 saturated carbocycles. The summed E-state index contributed by atoms with van der Waals surface area (Å²) in [6.07, 6.45) is 5.40. The Morgan fingerprint density at radius 1 is 0.919 bits per heavy atom. The van der Waals surface area contributed by atoms with Gasteiger partial charge in [0.2, 0.25) is 0 Å². The van der Waals surface area contributed by atoms with Gasteiger partial charge < -0.3 is 15.0 Å². The first-order valence-corrected chi connectivity index (χ1v) is 12.0. The number of pyridine rings is 2. The van der Waals surface area contributed by atoms with E-state index in [0.717, 1.165) is 61.3 Å². The number of benzene rings is 2. The molecule has 0 aliphatic carbocycles. The van der Waals surface area contributed by atoms with Gasteiger partial charge in [-0.25, -0.2) is 4.39 Å². The van der Waals surface area contributed by atoms with Gasteiger partial charge in [-0.2, -0.15) is 5.10 Å². The van der Waals surface area contributed by atoms with Crippen LogP contribution in [0.2, 0.25) is 0 Å². The predicted octanol–water partition coefficient (Wildman–Crippen LogP) is 6.80. The number of hydrogen-bond donors (Lipinski definition) is 3. The normalized spacial score (nSPS) is 11.5. The van der Waals surface area contributed by atoms with E-state index in [1.54, 1.807) is 6.20 Å². The van der Waals surface area contributed by atoms with E-state index in [4.69, 9.17) is 4.74 Å². The van der Waals surface area contributed by atoms with Crippen LogP contribution < -0.4 is 10.1 Å². The van der Waals surface area contributed by atoms with Gasteiger partial charge >= 0.3 is 0 Å². The predicted molar refractivity (Wildman–Crippen MR) is 145 cm³/mol. The number of H-pyrrole nitrogens is 2. The minimum atomic E-state index is -0.345. The number of aromatic amines is 2. The molecule has 184 valence electrons. The molecular weight excluding hydrogens is 467 g/mol. The molecule has 4 aromatic heterocycles. The zero-order chi connectivity index (χ0) is 25.5. The molecule has 7 nitrogen and oxygen atoms in total. The molecule has 0 aliphatic rings. The van der Waals surface area contributed by atoms with E-state index in [2.05, 4.69) is 44.3 Å². The maximum absolute atomic E-state index is 14.3.